The molecule has 0 spiro atoms. The first-order valence-electron chi connectivity index (χ1n) is 5.92. The van der Waals surface area contributed by atoms with Crippen LogP contribution in [0.2, 0.25) is 0 Å². The Bertz CT molecular complexity index is 484. The first-order chi connectivity index (χ1) is 8.79. The van der Waals surface area contributed by atoms with Gasteiger partial charge >= 0.3 is 6.03 Å². The summed E-state index contributed by atoms with van der Waals surface area (Å²) in [4.78, 5) is 17.8. The van der Waals surface area contributed by atoms with E-state index in [0.29, 0.717) is 11.5 Å². The number of carbonyl (C=O) groups is 1. The average molecular weight is 245 g/mol. The van der Waals surface area contributed by atoms with Crippen LogP contribution < -0.4 is 5.32 Å². The largest absolute Gasteiger partial charge is 0.384 e. The molecule has 0 saturated carbocycles. The number of rotatable bonds is 1. The molecule has 2 amide bonds. The Morgan fingerprint density at radius 1 is 1.44 bits per heavy atom. The van der Waals surface area contributed by atoms with Crippen molar-refractivity contribution in [3.8, 4) is 11.8 Å². The number of aliphatic hydroxyl groups is 1. The van der Waals surface area contributed by atoms with Crippen molar-refractivity contribution >= 4 is 11.8 Å². The SMILES string of the molecule is O=C(Nc1cccc(C#CCO)n1)N1CCCC1. The monoisotopic (exact) mass is 245 g/mol. The van der Waals surface area contributed by atoms with Crippen LogP contribution in [0.25, 0.3) is 0 Å². The standard InChI is InChI=1S/C13H15N3O2/c17-10-4-6-11-5-3-7-12(14-11)15-13(18)16-8-1-2-9-16/h3,5,7,17H,1-2,8-10H2,(H,14,15,18). The van der Waals surface area contributed by atoms with Gasteiger partial charge in [0.25, 0.3) is 0 Å². The molecule has 2 rings (SSSR count). The highest BCUT2D eigenvalue weighted by Gasteiger charge is 2.17. The van der Waals surface area contributed by atoms with Crippen molar-refractivity contribution in [3.63, 3.8) is 0 Å². The van der Waals surface area contributed by atoms with Crippen LogP contribution in [-0.2, 0) is 0 Å². The fourth-order valence-electron chi connectivity index (χ4n) is 1.81. The summed E-state index contributed by atoms with van der Waals surface area (Å²) in [5.41, 5.74) is 0.531. The molecule has 1 aliphatic heterocycles. The number of nitrogens with zero attached hydrogens (tertiary/aromatic N) is 2. The summed E-state index contributed by atoms with van der Waals surface area (Å²) in [6.45, 7) is 1.40. The molecule has 5 nitrogen and oxygen atoms in total. The van der Waals surface area contributed by atoms with Crippen molar-refractivity contribution in [2.45, 2.75) is 12.8 Å². The van der Waals surface area contributed by atoms with Gasteiger partial charge in [0.15, 0.2) is 0 Å². The van der Waals surface area contributed by atoms with Crippen LogP contribution in [0.3, 0.4) is 0 Å². The highest BCUT2D eigenvalue weighted by atomic mass is 16.2. The maximum absolute atomic E-state index is 11.8. The zero-order valence-corrected chi connectivity index (χ0v) is 10.0. The van der Waals surface area contributed by atoms with Gasteiger partial charge in [-0.3, -0.25) is 5.32 Å². The molecule has 0 aliphatic carbocycles. The van der Waals surface area contributed by atoms with Crippen molar-refractivity contribution in [2.75, 3.05) is 25.0 Å². The molecule has 0 unspecified atom stereocenters. The maximum Gasteiger partial charge on any atom is 0.323 e. The molecule has 1 aliphatic rings. The fraction of sp³-hybridized carbons (Fsp3) is 0.385. The molecule has 2 N–H and O–H groups in total. The summed E-state index contributed by atoms with van der Waals surface area (Å²) in [6.07, 6.45) is 2.12. The third kappa shape index (κ3) is 3.22. The summed E-state index contributed by atoms with van der Waals surface area (Å²) < 4.78 is 0. The van der Waals surface area contributed by atoms with Gasteiger partial charge in [0, 0.05) is 13.1 Å². The number of likely N-dealkylation sites (tertiary alicyclic amines) is 1. The van der Waals surface area contributed by atoms with Crippen LogP contribution >= 0.6 is 0 Å². The lowest BCUT2D eigenvalue weighted by atomic mass is 10.3. The molecule has 0 radical (unpaired) electrons. The molecule has 1 fully saturated rings. The van der Waals surface area contributed by atoms with Crippen LogP contribution in [0.4, 0.5) is 10.6 Å². The van der Waals surface area contributed by atoms with E-state index in [4.69, 9.17) is 5.11 Å². The van der Waals surface area contributed by atoms with Crippen molar-refractivity contribution in [3.05, 3.63) is 23.9 Å². The predicted molar refractivity (Wildman–Crippen MR) is 68.0 cm³/mol. The number of pyridine rings is 1. The quantitative estimate of drug-likeness (QED) is 0.727. The Balaban J connectivity index is 2.02. The van der Waals surface area contributed by atoms with Gasteiger partial charge in [-0.05, 0) is 30.9 Å². The lowest BCUT2D eigenvalue weighted by molar-refractivity contribution is 0.222. The third-order valence-corrected chi connectivity index (χ3v) is 2.67. The van der Waals surface area contributed by atoms with Crippen molar-refractivity contribution in [1.29, 1.82) is 0 Å². The van der Waals surface area contributed by atoms with Gasteiger partial charge in [0.05, 0.1) is 0 Å². The minimum absolute atomic E-state index is 0.118. The molecule has 2 heterocycles. The van der Waals surface area contributed by atoms with E-state index in [9.17, 15) is 4.79 Å². The van der Waals surface area contributed by atoms with E-state index in [1.165, 1.54) is 0 Å². The lowest BCUT2D eigenvalue weighted by Crippen LogP contribution is -2.32. The number of urea groups is 1. The summed E-state index contributed by atoms with van der Waals surface area (Å²) in [7, 11) is 0. The normalized spacial score (nSPS) is 13.9. The number of aromatic nitrogens is 1. The first-order valence-corrected chi connectivity index (χ1v) is 5.92. The Hall–Kier alpha value is -2.06. The minimum Gasteiger partial charge on any atom is -0.384 e. The molecule has 0 aromatic carbocycles. The van der Waals surface area contributed by atoms with E-state index in [1.807, 2.05) is 0 Å². The number of aliphatic hydroxyl groups excluding tert-OH is 1. The maximum atomic E-state index is 11.8. The number of hydrogen-bond donors (Lipinski definition) is 2. The van der Waals surface area contributed by atoms with Crippen molar-refractivity contribution < 1.29 is 9.90 Å². The molecule has 1 aromatic heterocycles. The van der Waals surface area contributed by atoms with Gasteiger partial charge < -0.3 is 10.0 Å². The molecule has 5 heteroatoms. The van der Waals surface area contributed by atoms with E-state index in [0.717, 1.165) is 25.9 Å². The number of carbonyl (C=O) groups excluding carboxylic acids is 1. The number of nitrogens with one attached hydrogen (secondary N) is 1. The molecule has 1 aromatic rings. The molecule has 0 bridgehead atoms. The number of anilines is 1. The highest BCUT2D eigenvalue weighted by molar-refractivity contribution is 5.88. The third-order valence-electron chi connectivity index (χ3n) is 2.67. The summed E-state index contributed by atoms with van der Waals surface area (Å²) in [5, 5.41) is 11.4. The molecular formula is C13H15N3O2. The van der Waals surface area contributed by atoms with E-state index in [2.05, 4.69) is 22.1 Å². The van der Waals surface area contributed by atoms with Gasteiger partial charge in [-0.1, -0.05) is 12.0 Å². The molecule has 1 saturated heterocycles. The first kappa shape index (κ1) is 12.4. The van der Waals surface area contributed by atoms with E-state index in [-0.39, 0.29) is 12.6 Å². The van der Waals surface area contributed by atoms with Crippen molar-refractivity contribution in [1.82, 2.24) is 9.88 Å². The Labute approximate surface area is 106 Å². The van der Waals surface area contributed by atoms with Gasteiger partial charge in [-0.2, -0.15) is 0 Å². The van der Waals surface area contributed by atoms with Gasteiger partial charge in [0.1, 0.15) is 18.1 Å². The smallest absolute Gasteiger partial charge is 0.323 e. The van der Waals surface area contributed by atoms with Gasteiger partial charge in [-0.25, -0.2) is 9.78 Å². The predicted octanol–water partition coefficient (Wildman–Crippen LogP) is 1.05. The second-order valence-electron chi connectivity index (χ2n) is 3.99. The average Bonchev–Trinajstić information content (AvgIpc) is 2.91. The molecule has 0 atom stereocenters. The second kappa shape index (κ2) is 6.03. The number of amides is 2. The van der Waals surface area contributed by atoms with Gasteiger partial charge in [0.2, 0.25) is 0 Å². The van der Waals surface area contributed by atoms with Crippen LogP contribution in [-0.4, -0.2) is 40.7 Å². The van der Waals surface area contributed by atoms with Crippen LogP contribution in [0.5, 0.6) is 0 Å². The zero-order chi connectivity index (χ0) is 12.8. The Morgan fingerprint density at radius 3 is 2.94 bits per heavy atom. The minimum atomic E-state index is -0.202. The van der Waals surface area contributed by atoms with Crippen LogP contribution in [0, 0.1) is 11.8 Å². The van der Waals surface area contributed by atoms with E-state index in [1.54, 1.807) is 23.1 Å². The van der Waals surface area contributed by atoms with Crippen molar-refractivity contribution in [2.24, 2.45) is 0 Å². The lowest BCUT2D eigenvalue weighted by Gasteiger charge is -2.15. The van der Waals surface area contributed by atoms with Crippen LogP contribution in [0.15, 0.2) is 18.2 Å². The molecule has 94 valence electrons. The summed E-state index contributed by atoms with van der Waals surface area (Å²) >= 11 is 0. The van der Waals surface area contributed by atoms with Crippen LogP contribution in [0.1, 0.15) is 18.5 Å². The van der Waals surface area contributed by atoms with E-state index >= 15 is 0 Å². The summed E-state index contributed by atoms with van der Waals surface area (Å²) in [5.74, 6) is 5.70. The Kier molecular flexibility index (Phi) is 4.15. The molecule has 18 heavy (non-hydrogen) atoms. The summed E-state index contributed by atoms with van der Waals surface area (Å²) in [6, 6.07) is 5.10. The Morgan fingerprint density at radius 2 is 2.22 bits per heavy atom. The zero-order valence-electron chi connectivity index (χ0n) is 10.0. The van der Waals surface area contributed by atoms with Gasteiger partial charge in [-0.15, -0.1) is 0 Å². The topological polar surface area (TPSA) is 65.5 Å². The molecular weight excluding hydrogens is 230 g/mol. The fourth-order valence-corrected chi connectivity index (χ4v) is 1.81. The second-order valence-corrected chi connectivity index (χ2v) is 3.99. The van der Waals surface area contributed by atoms with E-state index < -0.39 is 0 Å². The highest BCUT2D eigenvalue weighted by Crippen LogP contribution is 2.10. The number of hydrogen-bond acceptors (Lipinski definition) is 3.